The van der Waals surface area contributed by atoms with Crippen molar-refractivity contribution in [1.82, 2.24) is 4.90 Å². The summed E-state index contributed by atoms with van der Waals surface area (Å²) in [6, 6.07) is 4.00. The molecule has 0 saturated carbocycles. The number of hydrogen-bond acceptors (Lipinski definition) is 3. The Hall–Kier alpha value is -1.62. The van der Waals surface area contributed by atoms with Crippen LogP contribution in [0.2, 0.25) is 0 Å². The van der Waals surface area contributed by atoms with Crippen molar-refractivity contribution in [2.75, 3.05) is 30.7 Å². The molecule has 1 heterocycles. The van der Waals surface area contributed by atoms with Crippen LogP contribution in [-0.4, -0.2) is 30.4 Å². The molecule has 1 saturated heterocycles. The van der Waals surface area contributed by atoms with Crippen molar-refractivity contribution in [2.24, 2.45) is 11.8 Å². The van der Waals surface area contributed by atoms with Crippen molar-refractivity contribution in [3.63, 3.8) is 0 Å². The van der Waals surface area contributed by atoms with Crippen molar-refractivity contribution in [2.45, 2.75) is 26.7 Å². The first kappa shape index (κ1) is 15.8. The molecular weight excluding hydrogens is 269 g/mol. The Morgan fingerprint density at radius 3 is 2.67 bits per heavy atom. The molecule has 4 nitrogen and oxygen atoms in total. The second kappa shape index (κ2) is 6.89. The summed E-state index contributed by atoms with van der Waals surface area (Å²) in [5.41, 5.74) is 6.41. The maximum Gasteiger partial charge on any atom is 0.238 e. The molecule has 0 spiro atoms. The molecule has 1 aromatic carbocycles. The van der Waals surface area contributed by atoms with Gasteiger partial charge < -0.3 is 11.1 Å². The van der Waals surface area contributed by atoms with E-state index in [2.05, 4.69) is 24.1 Å². The topological polar surface area (TPSA) is 58.4 Å². The maximum atomic E-state index is 13.0. The lowest BCUT2D eigenvalue weighted by atomic mass is 9.87. The van der Waals surface area contributed by atoms with E-state index >= 15 is 0 Å². The van der Waals surface area contributed by atoms with E-state index in [1.807, 2.05) is 0 Å². The fourth-order valence-corrected chi connectivity index (χ4v) is 2.82. The minimum atomic E-state index is -0.402. The van der Waals surface area contributed by atoms with Gasteiger partial charge >= 0.3 is 0 Å². The van der Waals surface area contributed by atoms with E-state index in [9.17, 15) is 9.18 Å². The summed E-state index contributed by atoms with van der Waals surface area (Å²) < 4.78 is 13.0. The van der Waals surface area contributed by atoms with Gasteiger partial charge in [0.15, 0.2) is 0 Å². The first-order chi connectivity index (χ1) is 9.95. The lowest BCUT2D eigenvalue weighted by molar-refractivity contribution is -0.117. The number of nitrogens with one attached hydrogen (secondary N) is 1. The van der Waals surface area contributed by atoms with Crippen LogP contribution in [0.3, 0.4) is 0 Å². The molecule has 5 heteroatoms. The van der Waals surface area contributed by atoms with Crippen LogP contribution in [0.5, 0.6) is 0 Å². The number of anilines is 2. The Balaban J connectivity index is 1.83. The summed E-state index contributed by atoms with van der Waals surface area (Å²) in [6.07, 6.45) is 2.28. The smallest absolute Gasteiger partial charge is 0.238 e. The third-order valence-electron chi connectivity index (χ3n) is 4.23. The van der Waals surface area contributed by atoms with E-state index in [-0.39, 0.29) is 11.6 Å². The maximum absolute atomic E-state index is 13.0. The van der Waals surface area contributed by atoms with Crippen LogP contribution in [0.25, 0.3) is 0 Å². The molecule has 3 N–H and O–H groups in total. The van der Waals surface area contributed by atoms with Crippen LogP contribution < -0.4 is 11.1 Å². The van der Waals surface area contributed by atoms with Gasteiger partial charge in [-0.3, -0.25) is 9.69 Å². The molecule has 0 radical (unpaired) electrons. The van der Waals surface area contributed by atoms with Crippen LogP contribution in [0.15, 0.2) is 18.2 Å². The van der Waals surface area contributed by atoms with Gasteiger partial charge in [-0.2, -0.15) is 0 Å². The predicted octanol–water partition coefficient (Wildman–Crippen LogP) is 2.71. The van der Waals surface area contributed by atoms with Gasteiger partial charge in [-0.25, -0.2) is 4.39 Å². The molecule has 0 aliphatic carbocycles. The standard InChI is InChI=1S/C16H24FN3O/c1-11(2)12-5-7-20(8-6-12)10-16(21)19-15-4-3-13(17)9-14(15)18/h3-4,9,11-12H,5-8,10,18H2,1-2H3,(H,19,21). The number of carbonyl (C=O) groups excluding carboxylic acids is 1. The number of carbonyl (C=O) groups is 1. The summed E-state index contributed by atoms with van der Waals surface area (Å²) >= 11 is 0. The summed E-state index contributed by atoms with van der Waals surface area (Å²) in [4.78, 5) is 14.2. The largest absolute Gasteiger partial charge is 0.397 e. The minimum absolute atomic E-state index is 0.101. The van der Waals surface area contributed by atoms with Crippen molar-refractivity contribution >= 4 is 17.3 Å². The second-order valence-electron chi connectivity index (χ2n) is 6.14. The molecule has 2 rings (SSSR count). The average Bonchev–Trinajstić information content (AvgIpc) is 2.42. The third-order valence-corrected chi connectivity index (χ3v) is 4.23. The van der Waals surface area contributed by atoms with Gasteiger partial charge in [0.1, 0.15) is 5.82 Å². The molecule has 0 bridgehead atoms. The lowest BCUT2D eigenvalue weighted by Gasteiger charge is -2.33. The molecular formula is C16H24FN3O. The molecule has 0 unspecified atom stereocenters. The number of nitrogen functional groups attached to an aromatic ring is 1. The normalized spacial score (nSPS) is 17.1. The summed E-state index contributed by atoms with van der Waals surface area (Å²) in [5.74, 6) is 0.967. The zero-order valence-corrected chi connectivity index (χ0v) is 12.7. The molecule has 21 heavy (non-hydrogen) atoms. The lowest BCUT2D eigenvalue weighted by Crippen LogP contribution is -2.40. The number of hydrogen-bond donors (Lipinski definition) is 2. The van der Waals surface area contributed by atoms with Crippen LogP contribution in [0.4, 0.5) is 15.8 Å². The Kier molecular flexibility index (Phi) is 5.17. The van der Waals surface area contributed by atoms with E-state index in [4.69, 9.17) is 5.73 Å². The Bertz CT molecular complexity index is 496. The van der Waals surface area contributed by atoms with Gasteiger partial charge in [0, 0.05) is 0 Å². The van der Waals surface area contributed by atoms with E-state index in [1.165, 1.54) is 18.2 Å². The molecule has 1 aliphatic rings. The number of amides is 1. The quantitative estimate of drug-likeness (QED) is 0.839. The molecule has 1 amide bonds. The van der Waals surface area contributed by atoms with Gasteiger partial charge in [0.25, 0.3) is 0 Å². The Morgan fingerprint density at radius 1 is 1.43 bits per heavy atom. The highest BCUT2D eigenvalue weighted by Gasteiger charge is 2.22. The van der Waals surface area contributed by atoms with Crippen LogP contribution in [0.1, 0.15) is 26.7 Å². The van der Waals surface area contributed by atoms with E-state index in [0.717, 1.165) is 31.8 Å². The zero-order chi connectivity index (χ0) is 15.4. The average molecular weight is 293 g/mol. The number of rotatable bonds is 4. The van der Waals surface area contributed by atoms with Gasteiger partial charge in [-0.05, 0) is 56.0 Å². The molecule has 1 aliphatic heterocycles. The SMILES string of the molecule is CC(C)C1CCN(CC(=O)Nc2ccc(F)cc2N)CC1. The van der Waals surface area contributed by atoms with Gasteiger partial charge in [-0.1, -0.05) is 13.8 Å². The first-order valence-electron chi connectivity index (χ1n) is 7.53. The monoisotopic (exact) mass is 293 g/mol. The summed E-state index contributed by atoms with van der Waals surface area (Å²) in [6.45, 7) is 6.78. The highest BCUT2D eigenvalue weighted by molar-refractivity contribution is 5.95. The first-order valence-corrected chi connectivity index (χ1v) is 7.53. The van der Waals surface area contributed by atoms with E-state index < -0.39 is 5.82 Å². The van der Waals surface area contributed by atoms with Gasteiger partial charge in [-0.15, -0.1) is 0 Å². The molecule has 0 atom stereocenters. The highest BCUT2D eigenvalue weighted by Crippen LogP contribution is 2.24. The van der Waals surface area contributed by atoms with E-state index in [0.29, 0.717) is 18.2 Å². The van der Waals surface area contributed by atoms with Crippen LogP contribution >= 0.6 is 0 Å². The minimum Gasteiger partial charge on any atom is -0.397 e. The summed E-state index contributed by atoms with van der Waals surface area (Å²) in [5, 5.41) is 2.75. The van der Waals surface area contributed by atoms with Crippen molar-refractivity contribution in [1.29, 1.82) is 0 Å². The number of piperidine rings is 1. The van der Waals surface area contributed by atoms with Crippen LogP contribution in [0, 0.1) is 17.7 Å². The third kappa shape index (κ3) is 4.43. The van der Waals surface area contributed by atoms with Crippen molar-refractivity contribution < 1.29 is 9.18 Å². The fourth-order valence-electron chi connectivity index (χ4n) is 2.82. The van der Waals surface area contributed by atoms with Gasteiger partial charge in [0.05, 0.1) is 17.9 Å². The second-order valence-corrected chi connectivity index (χ2v) is 6.14. The zero-order valence-electron chi connectivity index (χ0n) is 12.7. The molecule has 1 fully saturated rings. The van der Waals surface area contributed by atoms with Crippen LogP contribution in [-0.2, 0) is 4.79 Å². The summed E-state index contributed by atoms with van der Waals surface area (Å²) in [7, 11) is 0. The number of halogens is 1. The predicted molar refractivity (Wildman–Crippen MR) is 83.4 cm³/mol. The van der Waals surface area contributed by atoms with Crippen molar-refractivity contribution in [3.8, 4) is 0 Å². The van der Waals surface area contributed by atoms with Gasteiger partial charge in [0.2, 0.25) is 5.91 Å². The van der Waals surface area contributed by atoms with Crippen molar-refractivity contribution in [3.05, 3.63) is 24.0 Å². The Labute approximate surface area is 125 Å². The molecule has 1 aromatic rings. The molecule has 0 aromatic heterocycles. The number of benzene rings is 1. The number of nitrogens with zero attached hydrogens (tertiary/aromatic N) is 1. The van der Waals surface area contributed by atoms with E-state index in [1.54, 1.807) is 0 Å². The number of likely N-dealkylation sites (tertiary alicyclic amines) is 1. The number of nitrogens with two attached hydrogens (primary N) is 1. The molecule has 116 valence electrons. The highest BCUT2D eigenvalue weighted by atomic mass is 19.1. The fraction of sp³-hybridized carbons (Fsp3) is 0.562. The Morgan fingerprint density at radius 2 is 2.10 bits per heavy atom.